The summed E-state index contributed by atoms with van der Waals surface area (Å²) < 4.78 is 29.4. The zero-order valence-electron chi connectivity index (χ0n) is 14.0. The molecular formula is C18H18N4O3S. The van der Waals surface area contributed by atoms with Gasteiger partial charge in [0.15, 0.2) is 0 Å². The van der Waals surface area contributed by atoms with Crippen molar-refractivity contribution in [2.75, 3.05) is 6.54 Å². The van der Waals surface area contributed by atoms with Crippen molar-refractivity contribution in [3.8, 4) is 0 Å². The van der Waals surface area contributed by atoms with Gasteiger partial charge in [0.05, 0.1) is 12.1 Å². The molecule has 0 N–H and O–H groups in total. The van der Waals surface area contributed by atoms with E-state index in [2.05, 4.69) is 10.1 Å². The Labute approximate surface area is 151 Å². The minimum absolute atomic E-state index is 0.205. The van der Waals surface area contributed by atoms with E-state index in [0.29, 0.717) is 18.5 Å². The number of pyridine rings is 1. The van der Waals surface area contributed by atoms with Crippen molar-refractivity contribution in [2.45, 2.75) is 30.3 Å². The van der Waals surface area contributed by atoms with E-state index in [1.165, 1.54) is 21.3 Å². The molecule has 1 fully saturated rings. The van der Waals surface area contributed by atoms with Crippen LogP contribution in [0.25, 0.3) is 10.9 Å². The van der Waals surface area contributed by atoms with E-state index in [0.717, 1.165) is 11.8 Å². The number of hydrogen-bond acceptors (Lipinski definition) is 5. The lowest BCUT2D eigenvalue weighted by molar-refractivity contribution is 0.335. The van der Waals surface area contributed by atoms with E-state index >= 15 is 0 Å². The van der Waals surface area contributed by atoms with E-state index in [4.69, 9.17) is 0 Å². The first kappa shape index (κ1) is 16.9. The summed E-state index contributed by atoms with van der Waals surface area (Å²) in [4.78, 5) is 16.4. The Bertz CT molecular complexity index is 1110. The van der Waals surface area contributed by atoms with Crippen LogP contribution in [-0.2, 0) is 16.6 Å². The fourth-order valence-corrected chi connectivity index (χ4v) is 5.29. The predicted octanol–water partition coefficient (Wildman–Crippen LogP) is 1.64. The van der Waals surface area contributed by atoms with Crippen molar-refractivity contribution in [1.82, 2.24) is 19.1 Å². The third-order valence-corrected chi connectivity index (χ3v) is 6.66. The third-order valence-electron chi connectivity index (χ3n) is 4.67. The maximum Gasteiger partial charge on any atom is 0.266 e. The number of para-hydroxylation sites is 1. The number of fused-ring (bicyclic) bond motifs is 1. The second kappa shape index (κ2) is 6.62. The molecule has 26 heavy (non-hydrogen) atoms. The van der Waals surface area contributed by atoms with Gasteiger partial charge in [-0.15, -0.1) is 0 Å². The topological polar surface area (TPSA) is 85.2 Å². The standard InChI is InChI=1S/C18H18N4O3S/c23-17-9-3-11-20-21(17)13-15-7-4-12-22(15)26(24,25)16-8-1-5-14-6-2-10-19-18(14)16/h1-3,5-6,8-11,15H,4,7,12-13H2. The summed E-state index contributed by atoms with van der Waals surface area (Å²) >= 11 is 0. The van der Waals surface area contributed by atoms with Crippen LogP contribution in [0.1, 0.15) is 12.8 Å². The monoisotopic (exact) mass is 370 g/mol. The average Bonchev–Trinajstić information content (AvgIpc) is 3.12. The summed E-state index contributed by atoms with van der Waals surface area (Å²) in [7, 11) is -3.72. The van der Waals surface area contributed by atoms with Crippen molar-refractivity contribution < 1.29 is 8.42 Å². The SMILES string of the molecule is O=c1cccnn1CC1CCCN1S(=O)(=O)c1cccc2cccnc12. The van der Waals surface area contributed by atoms with E-state index in [9.17, 15) is 13.2 Å². The summed E-state index contributed by atoms with van der Waals surface area (Å²) in [5.74, 6) is 0. The zero-order chi connectivity index (χ0) is 18.1. The van der Waals surface area contributed by atoms with Crippen molar-refractivity contribution in [3.63, 3.8) is 0 Å². The van der Waals surface area contributed by atoms with Crippen LogP contribution in [0.15, 0.2) is 64.5 Å². The highest BCUT2D eigenvalue weighted by atomic mass is 32.2. The second-order valence-corrected chi connectivity index (χ2v) is 8.15. The fraction of sp³-hybridized carbons (Fsp3) is 0.278. The van der Waals surface area contributed by atoms with Crippen LogP contribution in [0.3, 0.4) is 0 Å². The number of aromatic nitrogens is 3. The van der Waals surface area contributed by atoms with Crippen LogP contribution in [0.4, 0.5) is 0 Å². The molecule has 2 aromatic heterocycles. The molecule has 0 radical (unpaired) electrons. The summed E-state index contributed by atoms with van der Waals surface area (Å²) in [6.07, 6.45) is 4.57. The molecule has 7 nitrogen and oxygen atoms in total. The molecule has 3 aromatic rings. The first-order chi connectivity index (χ1) is 12.6. The van der Waals surface area contributed by atoms with Gasteiger partial charge in [-0.25, -0.2) is 13.1 Å². The van der Waals surface area contributed by atoms with E-state index in [-0.39, 0.29) is 23.0 Å². The quantitative estimate of drug-likeness (QED) is 0.697. The van der Waals surface area contributed by atoms with Gasteiger partial charge in [-0.05, 0) is 31.0 Å². The lowest BCUT2D eigenvalue weighted by Gasteiger charge is -2.24. The first-order valence-electron chi connectivity index (χ1n) is 8.45. The van der Waals surface area contributed by atoms with Gasteiger partial charge in [0.1, 0.15) is 4.90 Å². The highest BCUT2D eigenvalue weighted by Crippen LogP contribution is 2.30. The Kier molecular flexibility index (Phi) is 4.29. The lowest BCUT2D eigenvalue weighted by Crippen LogP contribution is -2.40. The van der Waals surface area contributed by atoms with Gasteiger partial charge in [-0.1, -0.05) is 18.2 Å². The molecule has 8 heteroatoms. The van der Waals surface area contributed by atoms with Crippen LogP contribution >= 0.6 is 0 Å². The number of nitrogens with zero attached hydrogens (tertiary/aromatic N) is 4. The molecule has 1 unspecified atom stereocenters. The molecule has 0 amide bonds. The van der Waals surface area contributed by atoms with Gasteiger partial charge in [0.25, 0.3) is 5.56 Å². The smallest absolute Gasteiger partial charge is 0.266 e. The fourth-order valence-electron chi connectivity index (χ4n) is 3.44. The Morgan fingerprint density at radius 2 is 1.88 bits per heavy atom. The number of rotatable bonds is 4. The van der Waals surface area contributed by atoms with Crippen molar-refractivity contribution in [2.24, 2.45) is 0 Å². The molecule has 0 aliphatic carbocycles. The minimum Gasteiger partial charge on any atom is -0.268 e. The van der Waals surface area contributed by atoms with Crippen LogP contribution in [0.5, 0.6) is 0 Å². The first-order valence-corrected chi connectivity index (χ1v) is 9.89. The summed E-state index contributed by atoms with van der Waals surface area (Å²) in [5.41, 5.74) is 0.235. The highest BCUT2D eigenvalue weighted by Gasteiger charge is 2.36. The molecule has 1 aliphatic heterocycles. The summed E-state index contributed by atoms with van der Waals surface area (Å²) in [6, 6.07) is 11.5. The normalized spacial score (nSPS) is 18.4. The average molecular weight is 370 g/mol. The molecule has 0 spiro atoms. The van der Waals surface area contributed by atoms with Crippen LogP contribution < -0.4 is 5.56 Å². The van der Waals surface area contributed by atoms with Gasteiger partial charge < -0.3 is 0 Å². The van der Waals surface area contributed by atoms with Crippen LogP contribution in [-0.4, -0.2) is 40.1 Å². The Balaban J connectivity index is 1.72. The maximum atomic E-state index is 13.3. The highest BCUT2D eigenvalue weighted by molar-refractivity contribution is 7.89. The molecule has 4 rings (SSSR count). The number of sulfonamides is 1. The van der Waals surface area contributed by atoms with Crippen LogP contribution in [0.2, 0.25) is 0 Å². The van der Waals surface area contributed by atoms with Crippen molar-refractivity contribution >= 4 is 20.9 Å². The van der Waals surface area contributed by atoms with Gasteiger partial charge in [-0.3, -0.25) is 9.78 Å². The molecule has 1 saturated heterocycles. The van der Waals surface area contributed by atoms with E-state index < -0.39 is 10.0 Å². The predicted molar refractivity (Wildman–Crippen MR) is 97.2 cm³/mol. The second-order valence-electron chi connectivity index (χ2n) is 6.29. The Hall–Kier alpha value is -2.58. The molecule has 1 atom stereocenters. The van der Waals surface area contributed by atoms with Gasteiger partial charge in [0, 0.05) is 36.4 Å². The number of hydrogen-bond donors (Lipinski definition) is 0. The Morgan fingerprint density at radius 1 is 1.08 bits per heavy atom. The molecule has 1 aromatic carbocycles. The van der Waals surface area contributed by atoms with Gasteiger partial charge in [-0.2, -0.15) is 9.40 Å². The lowest BCUT2D eigenvalue weighted by atomic mass is 10.2. The van der Waals surface area contributed by atoms with Crippen molar-refractivity contribution in [3.05, 3.63) is 65.2 Å². The van der Waals surface area contributed by atoms with E-state index in [1.54, 1.807) is 30.5 Å². The minimum atomic E-state index is -3.72. The molecule has 134 valence electrons. The van der Waals surface area contributed by atoms with Crippen LogP contribution in [0, 0.1) is 0 Å². The molecule has 3 heterocycles. The molecular weight excluding hydrogens is 352 g/mol. The van der Waals surface area contributed by atoms with Gasteiger partial charge in [0.2, 0.25) is 10.0 Å². The zero-order valence-corrected chi connectivity index (χ0v) is 14.8. The summed E-state index contributed by atoms with van der Waals surface area (Å²) in [5, 5.41) is 4.83. The third kappa shape index (κ3) is 2.91. The van der Waals surface area contributed by atoms with Crippen molar-refractivity contribution in [1.29, 1.82) is 0 Å². The molecule has 1 aliphatic rings. The Morgan fingerprint density at radius 3 is 2.73 bits per heavy atom. The van der Waals surface area contributed by atoms with E-state index in [1.807, 2.05) is 12.1 Å². The maximum absolute atomic E-state index is 13.3. The molecule has 0 saturated carbocycles. The largest absolute Gasteiger partial charge is 0.268 e. The van der Waals surface area contributed by atoms with Gasteiger partial charge >= 0.3 is 0 Å². The summed E-state index contributed by atoms with van der Waals surface area (Å²) in [6.45, 7) is 0.675. The molecule has 0 bridgehead atoms. The number of benzene rings is 1.